The number of hydrogen-bond donors (Lipinski definition) is 3. The van der Waals surface area contributed by atoms with Gasteiger partial charge in [-0.05, 0) is 12.5 Å². The van der Waals surface area contributed by atoms with E-state index in [0.717, 1.165) is 12.3 Å². The number of hydrogen-bond acceptors (Lipinski definition) is 7. The number of anilines is 1. The van der Waals surface area contributed by atoms with E-state index >= 15 is 0 Å². The van der Waals surface area contributed by atoms with Crippen molar-refractivity contribution in [1.29, 1.82) is 0 Å². The molecule has 0 radical (unpaired) electrons. The predicted molar refractivity (Wildman–Crippen MR) is 78.9 cm³/mol. The second-order valence-electron chi connectivity index (χ2n) is 5.68. The highest BCUT2D eigenvalue weighted by molar-refractivity contribution is 5.79. The number of halogens is 2. The van der Waals surface area contributed by atoms with Gasteiger partial charge < -0.3 is 20.7 Å². The summed E-state index contributed by atoms with van der Waals surface area (Å²) in [6.07, 6.45) is -5.83. The molecule has 2 heterocycles. The van der Waals surface area contributed by atoms with Crippen LogP contribution in [-0.4, -0.2) is 49.6 Å². The minimum absolute atomic E-state index is 0.0537. The smallest absolute Gasteiger partial charge is 0.351 e. The summed E-state index contributed by atoms with van der Waals surface area (Å²) in [5, 5.41) is 18.3. The summed E-state index contributed by atoms with van der Waals surface area (Å²) in [6.45, 7) is 0. The van der Waals surface area contributed by atoms with Crippen molar-refractivity contribution in [2.24, 2.45) is 0 Å². The molecule has 4 N–H and O–H groups in total. The molecule has 1 aliphatic heterocycles. The van der Waals surface area contributed by atoms with Gasteiger partial charge in [-0.25, -0.2) is 4.79 Å². The van der Waals surface area contributed by atoms with E-state index in [1.807, 2.05) is 0 Å². The van der Waals surface area contributed by atoms with E-state index in [-0.39, 0.29) is 25.1 Å². The third-order valence-corrected chi connectivity index (χ3v) is 3.76. The van der Waals surface area contributed by atoms with Crippen LogP contribution in [0.2, 0.25) is 0 Å². The Balaban J connectivity index is 2.09. The van der Waals surface area contributed by atoms with Crippen LogP contribution in [-0.2, 0) is 14.3 Å². The Labute approximate surface area is 140 Å². The number of aliphatic carboxylic acids is 1. The van der Waals surface area contributed by atoms with Crippen LogP contribution in [0.25, 0.3) is 0 Å². The lowest BCUT2D eigenvalue weighted by molar-refractivity contribution is -0.141. The zero-order chi connectivity index (χ0) is 18.8. The number of rotatable bonds is 7. The molecule has 3 atom stereocenters. The van der Waals surface area contributed by atoms with Crippen LogP contribution in [0.3, 0.4) is 0 Å². The fourth-order valence-corrected chi connectivity index (χ4v) is 2.50. The number of aliphatic hydroxyl groups is 1. The highest BCUT2D eigenvalue weighted by Crippen LogP contribution is 2.43. The average molecular weight is 361 g/mol. The summed E-state index contributed by atoms with van der Waals surface area (Å²) in [5.41, 5.74) is 4.22. The van der Waals surface area contributed by atoms with Gasteiger partial charge in [-0.3, -0.25) is 14.2 Å². The molecule has 0 aliphatic carbocycles. The van der Waals surface area contributed by atoms with Gasteiger partial charge in [-0.15, -0.1) is 0 Å². The molecule has 1 aliphatic rings. The molecule has 0 saturated carbocycles. The lowest BCUT2D eigenvalue weighted by Crippen LogP contribution is -2.41. The summed E-state index contributed by atoms with van der Waals surface area (Å²) < 4.78 is 34.0. The number of carbonyl (C=O) groups excluding carboxylic acids is 1. The molecule has 1 aromatic rings. The van der Waals surface area contributed by atoms with Crippen molar-refractivity contribution in [3.05, 3.63) is 22.7 Å². The first-order valence-electron chi connectivity index (χ1n) is 7.42. The molecule has 0 aromatic carbocycles. The number of alkyl halides is 2. The SMILES string of the molecule is Nc1ccn([C@@H]2O[C@H](CC(=O)CCCC(=O)O)C(O)C2(F)F)c(=O)n1. The number of carboxylic acids is 1. The molecule has 1 unspecified atom stereocenters. The van der Waals surface area contributed by atoms with Gasteiger partial charge in [-0.2, -0.15) is 13.8 Å². The van der Waals surface area contributed by atoms with E-state index in [1.54, 1.807) is 0 Å². The van der Waals surface area contributed by atoms with Crippen molar-refractivity contribution in [1.82, 2.24) is 9.55 Å². The van der Waals surface area contributed by atoms with E-state index in [1.165, 1.54) is 0 Å². The quantitative estimate of drug-likeness (QED) is 0.612. The van der Waals surface area contributed by atoms with Gasteiger partial charge in [0.05, 0.1) is 6.10 Å². The first-order valence-corrected chi connectivity index (χ1v) is 7.42. The van der Waals surface area contributed by atoms with Crippen LogP contribution < -0.4 is 11.4 Å². The van der Waals surface area contributed by atoms with Crippen molar-refractivity contribution >= 4 is 17.6 Å². The lowest BCUT2D eigenvalue weighted by atomic mass is 10.0. The third-order valence-electron chi connectivity index (χ3n) is 3.76. The number of nitrogens with zero attached hydrogens (tertiary/aromatic N) is 2. The molecule has 1 fully saturated rings. The summed E-state index contributed by atoms with van der Waals surface area (Å²) in [7, 11) is 0. The summed E-state index contributed by atoms with van der Waals surface area (Å²) in [6, 6.07) is 1.12. The fraction of sp³-hybridized carbons (Fsp3) is 0.571. The maximum Gasteiger partial charge on any atom is 0.351 e. The topological polar surface area (TPSA) is 145 Å². The molecule has 0 spiro atoms. The number of nitrogens with two attached hydrogens (primary N) is 1. The second-order valence-corrected chi connectivity index (χ2v) is 5.68. The number of aliphatic hydroxyl groups excluding tert-OH is 1. The van der Waals surface area contributed by atoms with E-state index in [9.17, 15) is 28.3 Å². The number of nitrogen functional groups attached to an aromatic ring is 1. The Morgan fingerprint density at radius 1 is 1.40 bits per heavy atom. The summed E-state index contributed by atoms with van der Waals surface area (Å²) in [4.78, 5) is 37.2. The van der Waals surface area contributed by atoms with Crippen LogP contribution in [0.4, 0.5) is 14.6 Å². The number of aromatic nitrogens is 2. The molecule has 11 heteroatoms. The molecular weight excluding hydrogens is 344 g/mol. The number of Topliss-reactive ketones (excluding diaryl/α,β-unsaturated/α-hetero) is 1. The first kappa shape index (κ1) is 18.9. The van der Waals surface area contributed by atoms with E-state index in [4.69, 9.17) is 15.6 Å². The largest absolute Gasteiger partial charge is 0.481 e. The molecule has 1 saturated heterocycles. The predicted octanol–water partition coefficient (Wildman–Crippen LogP) is -0.0668. The fourth-order valence-electron chi connectivity index (χ4n) is 2.50. The number of ketones is 1. The molecule has 2 rings (SSSR count). The number of carbonyl (C=O) groups is 2. The van der Waals surface area contributed by atoms with Crippen LogP contribution in [0.1, 0.15) is 31.9 Å². The van der Waals surface area contributed by atoms with Gasteiger partial charge in [0.15, 0.2) is 0 Å². The minimum Gasteiger partial charge on any atom is -0.481 e. The summed E-state index contributed by atoms with van der Waals surface area (Å²) >= 11 is 0. The molecular formula is C14H17F2N3O6. The van der Waals surface area contributed by atoms with Crippen LogP contribution in [0.15, 0.2) is 17.1 Å². The molecule has 9 nitrogen and oxygen atoms in total. The number of carboxylic acid groups (broad SMARTS) is 1. The Kier molecular flexibility index (Phi) is 5.48. The maximum absolute atomic E-state index is 14.2. The Hall–Kier alpha value is -2.40. The standard InChI is InChI=1S/C14H17F2N3O6/c15-14(16)11(23)8(6-7(20)2-1-3-10(21)22)25-12(14)19-5-4-9(17)18-13(19)24/h4-5,8,11-12,23H,1-3,6H2,(H,21,22)(H2,17,18,24)/t8-,11?,12-/m1/s1. The van der Waals surface area contributed by atoms with Crippen molar-refractivity contribution < 1.29 is 33.3 Å². The van der Waals surface area contributed by atoms with Crippen molar-refractivity contribution in [3.63, 3.8) is 0 Å². The normalized spacial score (nSPS) is 25.0. The van der Waals surface area contributed by atoms with Gasteiger partial charge in [0.25, 0.3) is 0 Å². The zero-order valence-corrected chi connectivity index (χ0v) is 13.0. The average Bonchev–Trinajstić information content (AvgIpc) is 2.71. The monoisotopic (exact) mass is 361 g/mol. The van der Waals surface area contributed by atoms with Gasteiger partial charge in [0.1, 0.15) is 17.7 Å². The highest BCUT2D eigenvalue weighted by atomic mass is 19.3. The van der Waals surface area contributed by atoms with Gasteiger partial charge in [-0.1, -0.05) is 0 Å². The first-order chi connectivity index (χ1) is 11.6. The van der Waals surface area contributed by atoms with Gasteiger partial charge in [0.2, 0.25) is 6.23 Å². The lowest BCUT2D eigenvalue weighted by Gasteiger charge is -2.20. The Bertz CT molecular complexity index is 723. The maximum atomic E-state index is 14.2. The van der Waals surface area contributed by atoms with Gasteiger partial charge in [0, 0.05) is 25.5 Å². The zero-order valence-electron chi connectivity index (χ0n) is 13.0. The van der Waals surface area contributed by atoms with Crippen LogP contribution in [0.5, 0.6) is 0 Å². The van der Waals surface area contributed by atoms with E-state index in [0.29, 0.717) is 4.57 Å². The summed E-state index contributed by atoms with van der Waals surface area (Å²) in [5.74, 6) is -5.59. The highest BCUT2D eigenvalue weighted by Gasteiger charge is 2.59. The van der Waals surface area contributed by atoms with Crippen LogP contribution in [0, 0.1) is 0 Å². The molecule has 0 amide bonds. The van der Waals surface area contributed by atoms with Crippen molar-refractivity contribution in [2.45, 2.75) is 50.0 Å². The van der Waals surface area contributed by atoms with Gasteiger partial charge >= 0.3 is 17.6 Å². The van der Waals surface area contributed by atoms with Crippen molar-refractivity contribution in [3.8, 4) is 0 Å². The van der Waals surface area contributed by atoms with E-state index in [2.05, 4.69) is 4.98 Å². The molecule has 138 valence electrons. The third kappa shape index (κ3) is 4.17. The van der Waals surface area contributed by atoms with Crippen LogP contribution >= 0.6 is 0 Å². The van der Waals surface area contributed by atoms with E-state index < -0.39 is 48.2 Å². The Morgan fingerprint density at radius 2 is 2.08 bits per heavy atom. The second kappa shape index (κ2) is 7.23. The Morgan fingerprint density at radius 3 is 2.68 bits per heavy atom. The van der Waals surface area contributed by atoms with Crippen molar-refractivity contribution in [2.75, 3.05) is 5.73 Å². The number of ether oxygens (including phenoxy) is 1. The minimum atomic E-state index is -3.83. The molecule has 25 heavy (non-hydrogen) atoms. The molecule has 1 aromatic heterocycles. The molecule has 0 bridgehead atoms.